The summed E-state index contributed by atoms with van der Waals surface area (Å²) < 4.78 is 5.31. The van der Waals surface area contributed by atoms with E-state index in [1.165, 1.54) is 6.42 Å². The quantitative estimate of drug-likeness (QED) is 0.564. The zero-order valence-electron chi connectivity index (χ0n) is 7.85. The Labute approximate surface area is 67.7 Å². The first kappa shape index (κ1) is 10.2. The Morgan fingerprint density at radius 1 is 1.20 bits per heavy atom. The van der Waals surface area contributed by atoms with Crippen molar-refractivity contribution in [2.75, 3.05) is 0 Å². The lowest BCUT2D eigenvalue weighted by Crippen LogP contribution is -2.14. The van der Waals surface area contributed by atoms with Gasteiger partial charge >= 0.3 is 0 Å². The SMILES string of the molecule is CC(CC(C)C(C)C)O[SiH3]. The molecule has 0 aliphatic heterocycles. The molecule has 0 amide bonds. The van der Waals surface area contributed by atoms with Crippen molar-refractivity contribution in [1.29, 1.82) is 0 Å². The third kappa shape index (κ3) is 4.07. The average molecular weight is 160 g/mol. The molecule has 2 unspecified atom stereocenters. The van der Waals surface area contributed by atoms with Crippen molar-refractivity contribution in [2.45, 2.75) is 40.2 Å². The summed E-state index contributed by atoms with van der Waals surface area (Å²) in [4.78, 5) is 0. The zero-order valence-corrected chi connectivity index (χ0v) is 9.85. The van der Waals surface area contributed by atoms with E-state index in [0.29, 0.717) is 6.10 Å². The predicted molar refractivity (Wildman–Crippen MR) is 49.1 cm³/mol. The molecule has 0 saturated heterocycles. The normalized spacial score (nSPS) is 17.7. The first-order valence-corrected chi connectivity index (χ1v) is 4.92. The molecule has 1 nitrogen and oxygen atoms in total. The first-order chi connectivity index (χ1) is 4.57. The van der Waals surface area contributed by atoms with Gasteiger partial charge in [0.05, 0.1) is 0 Å². The molecule has 0 aromatic heterocycles. The number of hydrogen-bond donors (Lipinski definition) is 0. The monoisotopic (exact) mass is 160 g/mol. The van der Waals surface area contributed by atoms with E-state index in [-0.39, 0.29) is 0 Å². The van der Waals surface area contributed by atoms with Gasteiger partial charge in [-0.15, -0.1) is 0 Å². The molecule has 10 heavy (non-hydrogen) atoms. The van der Waals surface area contributed by atoms with E-state index < -0.39 is 0 Å². The second-order valence-corrected chi connectivity index (χ2v) is 3.97. The van der Waals surface area contributed by atoms with E-state index in [9.17, 15) is 0 Å². The van der Waals surface area contributed by atoms with Gasteiger partial charge in [-0.05, 0) is 25.2 Å². The highest BCUT2D eigenvalue weighted by Crippen LogP contribution is 2.16. The average Bonchev–Trinajstić information content (AvgIpc) is 1.87. The zero-order chi connectivity index (χ0) is 8.15. The Morgan fingerprint density at radius 3 is 2.00 bits per heavy atom. The summed E-state index contributed by atoms with van der Waals surface area (Å²) in [6, 6.07) is 0. The second-order valence-electron chi connectivity index (χ2n) is 3.50. The summed E-state index contributed by atoms with van der Waals surface area (Å²) in [5, 5.41) is 0. The van der Waals surface area contributed by atoms with Gasteiger partial charge in [0, 0.05) is 6.10 Å². The fraction of sp³-hybridized carbons (Fsp3) is 1.00. The third-order valence-electron chi connectivity index (χ3n) is 2.24. The molecule has 0 saturated carbocycles. The van der Waals surface area contributed by atoms with Gasteiger partial charge in [0.25, 0.3) is 0 Å². The van der Waals surface area contributed by atoms with Crippen LogP contribution in [0.2, 0.25) is 0 Å². The lowest BCUT2D eigenvalue weighted by molar-refractivity contribution is 0.189. The van der Waals surface area contributed by atoms with Crippen molar-refractivity contribution in [3.63, 3.8) is 0 Å². The minimum absolute atomic E-state index is 0.476. The predicted octanol–water partition coefficient (Wildman–Crippen LogP) is 1.35. The highest BCUT2D eigenvalue weighted by molar-refractivity contribution is 5.98. The van der Waals surface area contributed by atoms with Crippen LogP contribution in [0.25, 0.3) is 0 Å². The molecule has 0 aliphatic rings. The van der Waals surface area contributed by atoms with E-state index in [4.69, 9.17) is 4.43 Å². The van der Waals surface area contributed by atoms with Gasteiger partial charge in [0.1, 0.15) is 10.5 Å². The minimum Gasteiger partial charge on any atom is -0.425 e. The van der Waals surface area contributed by atoms with Crippen LogP contribution in [0.5, 0.6) is 0 Å². The molecule has 0 radical (unpaired) electrons. The Morgan fingerprint density at radius 2 is 1.70 bits per heavy atom. The van der Waals surface area contributed by atoms with Crippen LogP contribution < -0.4 is 0 Å². The molecular formula is C8H20OSi. The maximum atomic E-state index is 5.31. The van der Waals surface area contributed by atoms with E-state index in [0.717, 1.165) is 22.3 Å². The van der Waals surface area contributed by atoms with Gasteiger partial charge in [-0.1, -0.05) is 20.8 Å². The molecule has 0 spiro atoms. The second kappa shape index (κ2) is 4.91. The van der Waals surface area contributed by atoms with Crippen LogP contribution in [-0.2, 0) is 4.43 Å². The lowest BCUT2D eigenvalue weighted by Gasteiger charge is -2.19. The molecule has 0 aromatic carbocycles. The fourth-order valence-electron chi connectivity index (χ4n) is 0.892. The fourth-order valence-corrected chi connectivity index (χ4v) is 1.08. The van der Waals surface area contributed by atoms with Crippen LogP contribution in [-0.4, -0.2) is 16.6 Å². The smallest absolute Gasteiger partial charge is 0.146 e. The van der Waals surface area contributed by atoms with Crippen LogP contribution >= 0.6 is 0 Å². The van der Waals surface area contributed by atoms with Crippen molar-refractivity contribution < 1.29 is 4.43 Å². The lowest BCUT2D eigenvalue weighted by atomic mass is 9.93. The Kier molecular flexibility index (Phi) is 5.00. The molecule has 0 aliphatic carbocycles. The molecule has 2 atom stereocenters. The summed E-state index contributed by atoms with van der Waals surface area (Å²) in [5.41, 5.74) is 0. The summed E-state index contributed by atoms with van der Waals surface area (Å²) >= 11 is 0. The van der Waals surface area contributed by atoms with Crippen LogP contribution in [0.15, 0.2) is 0 Å². The molecule has 0 fully saturated rings. The summed E-state index contributed by atoms with van der Waals surface area (Å²) in [5.74, 6) is 1.59. The Balaban J connectivity index is 3.46. The van der Waals surface area contributed by atoms with E-state index in [2.05, 4.69) is 27.7 Å². The third-order valence-corrected chi connectivity index (χ3v) is 3.05. The molecule has 0 N–H and O–H groups in total. The highest BCUT2D eigenvalue weighted by Gasteiger charge is 2.10. The number of rotatable bonds is 4. The van der Waals surface area contributed by atoms with Crippen LogP contribution in [0.4, 0.5) is 0 Å². The molecule has 0 bridgehead atoms. The molecule has 2 heteroatoms. The molecule has 0 rings (SSSR count). The molecule has 62 valence electrons. The van der Waals surface area contributed by atoms with Crippen molar-refractivity contribution >= 4 is 10.5 Å². The maximum absolute atomic E-state index is 5.31. The summed E-state index contributed by atoms with van der Waals surface area (Å²) in [6.45, 7) is 8.99. The summed E-state index contributed by atoms with van der Waals surface area (Å²) in [6.07, 6.45) is 1.69. The van der Waals surface area contributed by atoms with Gasteiger partial charge in [-0.3, -0.25) is 0 Å². The van der Waals surface area contributed by atoms with Crippen molar-refractivity contribution in [3.05, 3.63) is 0 Å². The largest absolute Gasteiger partial charge is 0.425 e. The van der Waals surface area contributed by atoms with Crippen LogP contribution in [0, 0.1) is 11.8 Å². The van der Waals surface area contributed by atoms with Gasteiger partial charge < -0.3 is 4.43 Å². The van der Waals surface area contributed by atoms with Gasteiger partial charge in [-0.2, -0.15) is 0 Å². The number of hydrogen-bond acceptors (Lipinski definition) is 1. The molecule has 0 heterocycles. The van der Waals surface area contributed by atoms with Crippen LogP contribution in [0.1, 0.15) is 34.1 Å². The Bertz CT molecular complexity index is 83.3. The van der Waals surface area contributed by atoms with E-state index >= 15 is 0 Å². The van der Waals surface area contributed by atoms with Crippen molar-refractivity contribution in [1.82, 2.24) is 0 Å². The topological polar surface area (TPSA) is 9.23 Å². The Hall–Kier alpha value is 0.177. The maximum Gasteiger partial charge on any atom is 0.146 e. The van der Waals surface area contributed by atoms with E-state index in [1.807, 2.05) is 0 Å². The standard InChI is InChI=1S/C8H20OSi/c1-6(2)7(3)5-8(4)9-10/h6-8H,5H2,1-4,10H3. The molecule has 0 aromatic rings. The van der Waals surface area contributed by atoms with Crippen molar-refractivity contribution in [3.8, 4) is 0 Å². The highest BCUT2D eigenvalue weighted by atomic mass is 28.2. The van der Waals surface area contributed by atoms with Gasteiger partial charge in [0.2, 0.25) is 0 Å². The van der Waals surface area contributed by atoms with Crippen LogP contribution in [0.3, 0.4) is 0 Å². The summed E-state index contributed by atoms with van der Waals surface area (Å²) in [7, 11) is 0.874. The van der Waals surface area contributed by atoms with Gasteiger partial charge in [-0.25, -0.2) is 0 Å². The molecular weight excluding hydrogens is 140 g/mol. The van der Waals surface area contributed by atoms with Gasteiger partial charge in [0.15, 0.2) is 0 Å². The van der Waals surface area contributed by atoms with Crippen molar-refractivity contribution in [2.24, 2.45) is 11.8 Å². The van der Waals surface area contributed by atoms with E-state index in [1.54, 1.807) is 0 Å². The minimum atomic E-state index is 0.476. The first-order valence-electron chi connectivity index (χ1n) is 4.10.